The van der Waals surface area contributed by atoms with E-state index in [1.807, 2.05) is 6.07 Å². The standard InChI is InChI=1S/C13H13N3O4S/c1-19-11(17)6-9(12(18)20-2)15-7-3-4-10-8(5-7)16-13(14)21-10/h3-6,15H,1-2H3,(H2,14,16)/b9-6+. The quantitative estimate of drug-likeness (QED) is 0.652. The first-order chi connectivity index (χ1) is 10.0. The molecule has 0 amide bonds. The van der Waals surface area contributed by atoms with Gasteiger partial charge in [-0.2, -0.15) is 0 Å². The molecule has 7 nitrogen and oxygen atoms in total. The maximum atomic E-state index is 11.6. The van der Waals surface area contributed by atoms with Crippen LogP contribution in [0.1, 0.15) is 0 Å². The van der Waals surface area contributed by atoms with Gasteiger partial charge >= 0.3 is 11.9 Å². The van der Waals surface area contributed by atoms with Crippen molar-refractivity contribution in [1.29, 1.82) is 0 Å². The summed E-state index contributed by atoms with van der Waals surface area (Å²) in [7, 11) is 2.44. The molecule has 8 heteroatoms. The summed E-state index contributed by atoms with van der Waals surface area (Å²) in [4.78, 5) is 27.1. The molecule has 0 saturated carbocycles. The second-order valence-electron chi connectivity index (χ2n) is 3.93. The average molecular weight is 307 g/mol. The van der Waals surface area contributed by atoms with Crippen molar-refractivity contribution >= 4 is 44.3 Å². The number of esters is 2. The number of nitrogens with two attached hydrogens (primary N) is 1. The predicted molar refractivity (Wildman–Crippen MR) is 79.8 cm³/mol. The Balaban J connectivity index is 2.31. The van der Waals surface area contributed by atoms with E-state index >= 15 is 0 Å². The van der Waals surface area contributed by atoms with Gasteiger partial charge in [0.25, 0.3) is 0 Å². The molecular weight excluding hydrogens is 294 g/mol. The number of carbonyl (C=O) groups excluding carboxylic acids is 2. The molecule has 2 rings (SSSR count). The van der Waals surface area contributed by atoms with E-state index in [2.05, 4.69) is 19.8 Å². The average Bonchev–Trinajstić information content (AvgIpc) is 2.84. The molecule has 0 aliphatic carbocycles. The maximum absolute atomic E-state index is 11.6. The molecule has 2 aromatic rings. The van der Waals surface area contributed by atoms with Gasteiger partial charge in [-0.3, -0.25) is 0 Å². The first-order valence-electron chi connectivity index (χ1n) is 5.84. The number of rotatable bonds is 4. The normalized spacial score (nSPS) is 11.2. The van der Waals surface area contributed by atoms with Crippen LogP contribution >= 0.6 is 11.3 Å². The number of hydrogen-bond acceptors (Lipinski definition) is 8. The topological polar surface area (TPSA) is 104 Å². The molecule has 0 bridgehead atoms. The number of anilines is 2. The second-order valence-corrected chi connectivity index (χ2v) is 4.99. The number of nitrogens with zero attached hydrogens (tertiary/aromatic N) is 1. The highest BCUT2D eigenvalue weighted by Gasteiger charge is 2.13. The summed E-state index contributed by atoms with van der Waals surface area (Å²) in [5.74, 6) is -1.35. The molecular formula is C13H13N3O4S. The van der Waals surface area contributed by atoms with Crippen molar-refractivity contribution in [3.63, 3.8) is 0 Å². The molecule has 0 spiro atoms. The lowest BCUT2D eigenvalue weighted by Crippen LogP contribution is -2.15. The van der Waals surface area contributed by atoms with Crippen LogP contribution in [0.2, 0.25) is 0 Å². The monoisotopic (exact) mass is 307 g/mol. The van der Waals surface area contributed by atoms with Gasteiger partial charge in [0.1, 0.15) is 5.70 Å². The van der Waals surface area contributed by atoms with Crippen LogP contribution < -0.4 is 11.1 Å². The lowest BCUT2D eigenvalue weighted by Gasteiger charge is -2.08. The van der Waals surface area contributed by atoms with E-state index in [0.717, 1.165) is 10.8 Å². The lowest BCUT2D eigenvalue weighted by molar-refractivity contribution is -0.138. The minimum Gasteiger partial charge on any atom is -0.466 e. The number of carbonyl (C=O) groups is 2. The molecule has 1 aromatic heterocycles. The molecule has 0 fully saturated rings. The predicted octanol–water partition coefficient (Wildman–Crippen LogP) is 1.52. The second kappa shape index (κ2) is 6.23. The molecule has 0 aliphatic rings. The van der Waals surface area contributed by atoms with Gasteiger partial charge in [-0.25, -0.2) is 14.6 Å². The van der Waals surface area contributed by atoms with Gasteiger partial charge < -0.3 is 20.5 Å². The van der Waals surface area contributed by atoms with Crippen molar-refractivity contribution in [1.82, 2.24) is 4.98 Å². The van der Waals surface area contributed by atoms with Crippen LogP contribution in [0.15, 0.2) is 30.0 Å². The zero-order valence-electron chi connectivity index (χ0n) is 11.4. The molecule has 1 aromatic carbocycles. The number of thiazole rings is 1. The molecule has 0 unspecified atom stereocenters. The molecule has 3 N–H and O–H groups in total. The van der Waals surface area contributed by atoms with Gasteiger partial charge in [-0.15, -0.1) is 0 Å². The number of benzene rings is 1. The molecule has 0 atom stereocenters. The Kier molecular flexibility index (Phi) is 4.39. The van der Waals surface area contributed by atoms with Crippen LogP contribution in [0.3, 0.4) is 0 Å². The molecule has 1 heterocycles. The van der Waals surface area contributed by atoms with Crippen molar-refractivity contribution in [3.8, 4) is 0 Å². The Morgan fingerprint density at radius 2 is 2.10 bits per heavy atom. The fourth-order valence-corrected chi connectivity index (χ4v) is 2.33. The van der Waals surface area contributed by atoms with Crippen molar-refractivity contribution in [2.75, 3.05) is 25.3 Å². The Bertz CT molecular complexity index is 723. The van der Waals surface area contributed by atoms with Crippen LogP contribution in [-0.2, 0) is 19.1 Å². The Morgan fingerprint density at radius 1 is 1.33 bits per heavy atom. The summed E-state index contributed by atoms with van der Waals surface area (Å²) >= 11 is 1.36. The van der Waals surface area contributed by atoms with Crippen LogP contribution in [0.4, 0.5) is 10.8 Å². The van der Waals surface area contributed by atoms with Gasteiger partial charge in [0.15, 0.2) is 5.13 Å². The molecule has 110 valence electrons. The highest BCUT2D eigenvalue weighted by molar-refractivity contribution is 7.22. The highest BCUT2D eigenvalue weighted by atomic mass is 32.1. The first kappa shape index (κ1) is 14.8. The van der Waals surface area contributed by atoms with E-state index in [0.29, 0.717) is 16.3 Å². The largest absolute Gasteiger partial charge is 0.466 e. The number of ether oxygens (including phenoxy) is 2. The van der Waals surface area contributed by atoms with Crippen LogP contribution in [0.5, 0.6) is 0 Å². The van der Waals surface area contributed by atoms with E-state index in [1.165, 1.54) is 25.6 Å². The summed E-state index contributed by atoms with van der Waals surface area (Å²) in [5, 5.41) is 3.26. The fourth-order valence-electron chi connectivity index (χ4n) is 1.61. The third-order valence-corrected chi connectivity index (χ3v) is 3.42. The molecule has 0 radical (unpaired) electrons. The molecule has 0 saturated heterocycles. The van der Waals surface area contributed by atoms with Crippen LogP contribution in [0.25, 0.3) is 10.2 Å². The van der Waals surface area contributed by atoms with E-state index in [9.17, 15) is 9.59 Å². The number of methoxy groups -OCH3 is 2. The minimum absolute atomic E-state index is 0.0353. The van der Waals surface area contributed by atoms with Crippen LogP contribution in [-0.4, -0.2) is 31.1 Å². The maximum Gasteiger partial charge on any atom is 0.354 e. The van der Waals surface area contributed by atoms with E-state index in [4.69, 9.17) is 5.73 Å². The van der Waals surface area contributed by atoms with Crippen molar-refractivity contribution in [2.45, 2.75) is 0 Å². The highest BCUT2D eigenvalue weighted by Crippen LogP contribution is 2.26. The summed E-state index contributed by atoms with van der Waals surface area (Å²) < 4.78 is 10.0. The van der Waals surface area contributed by atoms with Crippen molar-refractivity contribution in [3.05, 3.63) is 30.0 Å². The first-order valence-corrected chi connectivity index (χ1v) is 6.66. The van der Waals surface area contributed by atoms with Crippen LogP contribution in [0, 0.1) is 0 Å². The lowest BCUT2D eigenvalue weighted by atomic mass is 10.2. The third kappa shape index (κ3) is 3.48. The smallest absolute Gasteiger partial charge is 0.354 e. The van der Waals surface area contributed by atoms with Gasteiger partial charge in [0, 0.05) is 5.69 Å². The molecule has 21 heavy (non-hydrogen) atoms. The number of nitrogens with one attached hydrogen (secondary N) is 1. The fraction of sp³-hybridized carbons (Fsp3) is 0.154. The van der Waals surface area contributed by atoms with Gasteiger partial charge in [-0.1, -0.05) is 11.3 Å². The molecule has 0 aliphatic heterocycles. The summed E-state index contributed by atoms with van der Waals surface area (Å²) in [6, 6.07) is 5.28. The SMILES string of the molecule is COC(=O)/C=C(/Nc1ccc2sc(N)nc2c1)C(=O)OC. The zero-order valence-corrected chi connectivity index (χ0v) is 12.2. The van der Waals surface area contributed by atoms with Crippen molar-refractivity contribution in [2.24, 2.45) is 0 Å². The van der Waals surface area contributed by atoms with Crippen molar-refractivity contribution < 1.29 is 19.1 Å². The van der Waals surface area contributed by atoms with Gasteiger partial charge in [0.05, 0.1) is 30.5 Å². The summed E-state index contributed by atoms with van der Waals surface area (Å²) in [5.41, 5.74) is 6.88. The third-order valence-electron chi connectivity index (χ3n) is 2.55. The van der Waals surface area contributed by atoms with E-state index in [1.54, 1.807) is 12.1 Å². The number of fused-ring (bicyclic) bond motifs is 1. The number of nitrogen functional groups attached to an aromatic ring is 1. The zero-order chi connectivity index (χ0) is 15.4. The Hall–Kier alpha value is -2.61. The minimum atomic E-state index is -0.682. The van der Waals surface area contributed by atoms with Gasteiger partial charge in [-0.05, 0) is 18.2 Å². The van der Waals surface area contributed by atoms with Gasteiger partial charge in [0.2, 0.25) is 0 Å². The summed E-state index contributed by atoms with van der Waals surface area (Å²) in [6.07, 6.45) is 1.02. The van der Waals surface area contributed by atoms with E-state index in [-0.39, 0.29) is 5.70 Å². The number of hydrogen-bond donors (Lipinski definition) is 2. The number of aromatic nitrogens is 1. The Morgan fingerprint density at radius 3 is 2.76 bits per heavy atom. The summed E-state index contributed by atoms with van der Waals surface area (Å²) in [6.45, 7) is 0. The van der Waals surface area contributed by atoms with E-state index < -0.39 is 11.9 Å². The Labute approximate surface area is 124 Å².